The molecule has 51 heavy (non-hydrogen) atoms. The molecular weight excluding hydrogens is 665 g/mol. The highest BCUT2D eigenvalue weighted by Crippen LogP contribution is 2.43. The molecule has 0 bridgehead atoms. The summed E-state index contributed by atoms with van der Waals surface area (Å²) in [4.78, 5) is 35.2. The summed E-state index contributed by atoms with van der Waals surface area (Å²) in [6.07, 6.45) is 34.1. The van der Waals surface area contributed by atoms with Gasteiger partial charge < -0.3 is 18.9 Å². The Hall–Kier alpha value is -1.25. The fourth-order valence-corrected chi connectivity index (χ4v) is 6.48. The van der Waals surface area contributed by atoms with E-state index in [1.807, 2.05) is 27.2 Å². The summed E-state index contributed by atoms with van der Waals surface area (Å²) in [6.45, 7) is 4.39. The molecule has 2 unspecified atom stereocenters. The molecule has 0 aliphatic carbocycles. The predicted molar refractivity (Wildman–Crippen MR) is 211 cm³/mol. The Balaban J connectivity index is 4.42. The van der Waals surface area contributed by atoms with Crippen molar-refractivity contribution in [1.29, 1.82) is 0 Å². The molecule has 0 aromatic heterocycles. The summed E-state index contributed by atoms with van der Waals surface area (Å²) in [6, 6.07) is 0. The molecule has 1 N–H and O–H groups in total. The summed E-state index contributed by atoms with van der Waals surface area (Å²) in [5, 5.41) is 0. The van der Waals surface area contributed by atoms with Crippen molar-refractivity contribution in [3.05, 3.63) is 12.2 Å². The van der Waals surface area contributed by atoms with Gasteiger partial charge in [0.05, 0.1) is 27.7 Å². The van der Waals surface area contributed by atoms with Gasteiger partial charge in [0.15, 0.2) is 6.10 Å². The molecule has 0 saturated carbocycles. The molecule has 2 atom stereocenters. The molecule has 0 fully saturated rings. The van der Waals surface area contributed by atoms with Crippen LogP contribution < -0.4 is 0 Å². The average Bonchev–Trinajstić information content (AvgIpc) is 3.07. The summed E-state index contributed by atoms with van der Waals surface area (Å²) >= 11 is 0. The highest BCUT2D eigenvalue weighted by molar-refractivity contribution is 7.47. The number of esters is 2. The van der Waals surface area contributed by atoms with Gasteiger partial charge in [0.1, 0.15) is 19.8 Å². The molecule has 0 spiro atoms. The van der Waals surface area contributed by atoms with Crippen molar-refractivity contribution in [3.8, 4) is 0 Å². The van der Waals surface area contributed by atoms with Crippen LogP contribution in [0.4, 0.5) is 0 Å². The number of hydrogen-bond donors (Lipinski definition) is 1. The lowest BCUT2D eigenvalue weighted by molar-refractivity contribution is -0.870. The molecule has 0 radical (unpaired) electrons. The second kappa shape index (κ2) is 34.5. The predicted octanol–water partition coefficient (Wildman–Crippen LogP) is 11.4. The second-order valence-corrected chi connectivity index (χ2v) is 16.8. The molecule has 0 heterocycles. The first-order valence-electron chi connectivity index (χ1n) is 20.9. The van der Waals surface area contributed by atoms with Gasteiger partial charge in [-0.15, -0.1) is 0 Å². The zero-order chi connectivity index (χ0) is 37.9. The van der Waals surface area contributed by atoms with Gasteiger partial charge in [-0.2, -0.15) is 0 Å². The number of phosphoric ester groups is 1. The van der Waals surface area contributed by atoms with E-state index in [-0.39, 0.29) is 32.0 Å². The van der Waals surface area contributed by atoms with E-state index >= 15 is 0 Å². The van der Waals surface area contributed by atoms with Gasteiger partial charge in [-0.1, -0.05) is 161 Å². The quantitative estimate of drug-likeness (QED) is 0.0219. The van der Waals surface area contributed by atoms with Crippen molar-refractivity contribution in [3.63, 3.8) is 0 Å². The van der Waals surface area contributed by atoms with E-state index in [0.29, 0.717) is 17.4 Å². The lowest BCUT2D eigenvalue weighted by Crippen LogP contribution is -2.37. The smallest absolute Gasteiger partial charge is 0.462 e. The van der Waals surface area contributed by atoms with Crippen LogP contribution in [-0.4, -0.2) is 74.9 Å². The van der Waals surface area contributed by atoms with Gasteiger partial charge in [0.25, 0.3) is 0 Å². The Kier molecular flexibility index (Phi) is 33.7. The number of carbonyl (C=O) groups excluding carboxylic acids is 2. The monoisotopic (exact) mass is 747 g/mol. The number of nitrogens with zero attached hydrogens (tertiary/aromatic N) is 1. The van der Waals surface area contributed by atoms with Crippen LogP contribution in [-0.2, 0) is 32.7 Å². The van der Waals surface area contributed by atoms with Crippen molar-refractivity contribution < 1.29 is 42.1 Å². The number of phosphoric acid groups is 1. The molecule has 0 aromatic carbocycles. The number of rotatable bonds is 38. The number of quaternary nitrogens is 1. The molecule has 9 nitrogen and oxygen atoms in total. The molecule has 302 valence electrons. The van der Waals surface area contributed by atoms with Crippen LogP contribution in [0.3, 0.4) is 0 Å². The van der Waals surface area contributed by atoms with Crippen molar-refractivity contribution in [1.82, 2.24) is 0 Å². The minimum atomic E-state index is -4.37. The van der Waals surface area contributed by atoms with E-state index in [4.69, 9.17) is 18.5 Å². The Morgan fingerprint density at radius 2 is 1.04 bits per heavy atom. The minimum Gasteiger partial charge on any atom is -0.462 e. The molecule has 0 amide bonds. The van der Waals surface area contributed by atoms with E-state index in [2.05, 4.69) is 19.9 Å². The lowest BCUT2D eigenvalue weighted by atomic mass is 10.0. The standard InChI is InChI=1S/C41H80NO8P/c1-6-8-10-12-14-16-18-20-22-24-26-28-30-32-34-41(44)50-39(38-49-51(45,46)48-36-35-42(3,4)5)37-47-40(43)33-31-29-27-25-23-21-19-17-15-13-11-9-7-2/h28,30,39H,6-27,29,31-38H2,1-5H3/p+1/b30-28-. The topological polar surface area (TPSA) is 108 Å². The fourth-order valence-electron chi connectivity index (χ4n) is 5.74. The van der Waals surface area contributed by atoms with E-state index in [9.17, 15) is 19.0 Å². The van der Waals surface area contributed by atoms with Crippen LogP contribution in [0, 0.1) is 0 Å². The zero-order valence-corrected chi connectivity index (χ0v) is 34.7. The van der Waals surface area contributed by atoms with Gasteiger partial charge in [-0.3, -0.25) is 18.6 Å². The summed E-state index contributed by atoms with van der Waals surface area (Å²) < 4.78 is 34.2. The first kappa shape index (κ1) is 49.8. The third kappa shape index (κ3) is 38.3. The van der Waals surface area contributed by atoms with Gasteiger partial charge in [0, 0.05) is 12.8 Å². The fraction of sp³-hybridized carbons (Fsp3) is 0.902. The molecule has 0 saturated heterocycles. The Labute approximate surface area is 314 Å². The van der Waals surface area contributed by atoms with Gasteiger partial charge in [-0.05, 0) is 25.7 Å². The van der Waals surface area contributed by atoms with E-state index in [0.717, 1.165) is 32.1 Å². The molecule has 0 aliphatic heterocycles. The maximum absolute atomic E-state index is 12.6. The minimum absolute atomic E-state index is 0.0291. The van der Waals surface area contributed by atoms with Crippen LogP contribution in [0.5, 0.6) is 0 Å². The molecular formula is C41H81NO8P+. The first-order valence-corrected chi connectivity index (χ1v) is 22.4. The van der Waals surface area contributed by atoms with Gasteiger partial charge in [0.2, 0.25) is 0 Å². The van der Waals surface area contributed by atoms with Crippen LogP contribution in [0.1, 0.15) is 187 Å². The highest BCUT2D eigenvalue weighted by atomic mass is 31.2. The van der Waals surface area contributed by atoms with E-state index in [1.54, 1.807) is 0 Å². The van der Waals surface area contributed by atoms with E-state index in [1.165, 1.54) is 122 Å². The summed E-state index contributed by atoms with van der Waals surface area (Å²) in [7, 11) is 1.47. The molecule has 10 heteroatoms. The Morgan fingerprint density at radius 3 is 1.53 bits per heavy atom. The number of unbranched alkanes of at least 4 members (excludes halogenated alkanes) is 22. The third-order valence-electron chi connectivity index (χ3n) is 9.06. The van der Waals surface area contributed by atoms with Crippen LogP contribution in [0.25, 0.3) is 0 Å². The molecule has 0 rings (SSSR count). The molecule has 0 aromatic rings. The van der Waals surface area contributed by atoms with Crippen LogP contribution in [0.2, 0.25) is 0 Å². The second-order valence-electron chi connectivity index (χ2n) is 15.4. The zero-order valence-electron chi connectivity index (χ0n) is 33.9. The summed E-state index contributed by atoms with van der Waals surface area (Å²) in [5.41, 5.74) is 0. The third-order valence-corrected chi connectivity index (χ3v) is 10.0. The number of allylic oxidation sites excluding steroid dienone is 2. The SMILES string of the molecule is CCCCCCCCCCCC/C=C\CCC(=O)OC(COC(=O)CCCCCCCCCCCCCCC)COP(=O)(O)OCC[N+](C)(C)C. The molecule has 0 aliphatic rings. The van der Waals surface area contributed by atoms with Crippen LogP contribution in [0.15, 0.2) is 12.2 Å². The highest BCUT2D eigenvalue weighted by Gasteiger charge is 2.27. The summed E-state index contributed by atoms with van der Waals surface area (Å²) in [5.74, 6) is -0.848. The maximum atomic E-state index is 12.6. The van der Waals surface area contributed by atoms with Crippen LogP contribution >= 0.6 is 7.82 Å². The largest absolute Gasteiger partial charge is 0.472 e. The van der Waals surface area contributed by atoms with Crippen molar-refractivity contribution in [2.45, 2.75) is 193 Å². The number of hydrogen-bond acceptors (Lipinski definition) is 7. The number of ether oxygens (including phenoxy) is 2. The Morgan fingerprint density at radius 1 is 0.588 bits per heavy atom. The first-order chi connectivity index (χ1) is 24.5. The normalized spacial score (nSPS) is 13.8. The maximum Gasteiger partial charge on any atom is 0.472 e. The Bertz CT molecular complexity index is 891. The van der Waals surface area contributed by atoms with Crippen molar-refractivity contribution in [2.24, 2.45) is 0 Å². The van der Waals surface area contributed by atoms with E-state index < -0.39 is 26.5 Å². The average molecular weight is 747 g/mol. The van der Waals surface area contributed by atoms with Crippen molar-refractivity contribution in [2.75, 3.05) is 47.5 Å². The lowest BCUT2D eigenvalue weighted by Gasteiger charge is -2.24. The van der Waals surface area contributed by atoms with Gasteiger partial charge >= 0.3 is 19.8 Å². The number of likely N-dealkylation sites (N-methyl/N-ethyl adjacent to an activating group) is 1. The number of carbonyl (C=O) groups is 2. The van der Waals surface area contributed by atoms with Crippen molar-refractivity contribution >= 4 is 19.8 Å². The van der Waals surface area contributed by atoms with Gasteiger partial charge in [-0.25, -0.2) is 4.57 Å².